The van der Waals surface area contributed by atoms with Crippen molar-refractivity contribution in [1.82, 2.24) is 0 Å². The standard InChI is InChI=1S/C12H11ClN2O3S2/c1-8(14-16)9-4-2-3-5-10(9)15-20(17,18)12-7-6-11(13)19-12/h2-7,15-16H,1H3/b14-8+. The number of thiophene rings is 1. The fourth-order valence-electron chi connectivity index (χ4n) is 1.58. The SMILES string of the molecule is C/C(=N\O)c1ccccc1NS(=O)(=O)c1ccc(Cl)s1. The molecule has 0 atom stereocenters. The second-order valence-electron chi connectivity index (χ2n) is 3.90. The molecule has 0 saturated heterocycles. The quantitative estimate of drug-likeness (QED) is 0.512. The van der Waals surface area contributed by atoms with E-state index in [0.717, 1.165) is 11.3 Å². The van der Waals surface area contributed by atoms with Crippen LogP contribution in [-0.4, -0.2) is 19.3 Å². The summed E-state index contributed by atoms with van der Waals surface area (Å²) in [5, 5.41) is 11.9. The largest absolute Gasteiger partial charge is 0.411 e. The number of oxime groups is 1. The van der Waals surface area contributed by atoms with Crippen LogP contribution < -0.4 is 4.72 Å². The first-order valence-corrected chi connectivity index (χ1v) is 8.18. The first-order chi connectivity index (χ1) is 9.44. The molecule has 0 spiro atoms. The second-order valence-corrected chi connectivity index (χ2v) is 7.52. The van der Waals surface area contributed by atoms with E-state index >= 15 is 0 Å². The van der Waals surface area contributed by atoms with Crippen molar-refractivity contribution in [2.24, 2.45) is 5.16 Å². The maximum atomic E-state index is 12.2. The van der Waals surface area contributed by atoms with E-state index < -0.39 is 10.0 Å². The van der Waals surface area contributed by atoms with Gasteiger partial charge in [-0.05, 0) is 25.1 Å². The minimum Gasteiger partial charge on any atom is -0.411 e. The summed E-state index contributed by atoms with van der Waals surface area (Å²) in [6, 6.07) is 9.63. The smallest absolute Gasteiger partial charge is 0.271 e. The summed E-state index contributed by atoms with van der Waals surface area (Å²) in [7, 11) is -3.71. The summed E-state index contributed by atoms with van der Waals surface area (Å²) in [6.45, 7) is 1.58. The van der Waals surface area contributed by atoms with Crippen LogP contribution in [0.15, 0.2) is 45.8 Å². The summed E-state index contributed by atoms with van der Waals surface area (Å²) in [5.74, 6) is 0. The lowest BCUT2D eigenvalue weighted by molar-refractivity contribution is 0.319. The topological polar surface area (TPSA) is 78.8 Å². The van der Waals surface area contributed by atoms with Gasteiger partial charge in [0.2, 0.25) is 0 Å². The van der Waals surface area contributed by atoms with Crippen LogP contribution in [0.1, 0.15) is 12.5 Å². The van der Waals surface area contributed by atoms with E-state index in [-0.39, 0.29) is 4.21 Å². The lowest BCUT2D eigenvalue weighted by atomic mass is 10.1. The Morgan fingerprint density at radius 2 is 2.00 bits per heavy atom. The number of nitrogens with zero attached hydrogens (tertiary/aromatic N) is 1. The van der Waals surface area contributed by atoms with Crippen molar-refractivity contribution in [2.45, 2.75) is 11.1 Å². The molecule has 106 valence electrons. The number of rotatable bonds is 4. The summed E-state index contributed by atoms with van der Waals surface area (Å²) in [4.78, 5) is 0. The molecule has 1 aromatic heterocycles. The molecule has 0 aliphatic rings. The number of para-hydroxylation sites is 1. The van der Waals surface area contributed by atoms with Crippen LogP contribution in [0.5, 0.6) is 0 Å². The Hall–Kier alpha value is -1.57. The summed E-state index contributed by atoms with van der Waals surface area (Å²) in [6.07, 6.45) is 0. The van der Waals surface area contributed by atoms with Gasteiger partial charge >= 0.3 is 0 Å². The molecule has 1 aromatic carbocycles. The van der Waals surface area contributed by atoms with E-state index in [9.17, 15) is 8.42 Å². The van der Waals surface area contributed by atoms with E-state index in [1.165, 1.54) is 12.1 Å². The molecule has 1 heterocycles. The molecule has 0 bridgehead atoms. The summed E-state index contributed by atoms with van der Waals surface area (Å²) >= 11 is 6.72. The second kappa shape index (κ2) is 5.82. The van der Waals surface area contributed by atoms with Crippen LogP contribution in [0.25, 0.3) is 0 Å². The van der Waals surface area contributed by atoms with Crippen molar-refractivity contribution in [3.8, 4) is 0 Å². The van der Waals surface area contributed by atoms with Crippen LogP contribution in [0.2, 0.25) is 4.34 Å². The van der Waals surface area contributed by atoms with Crippen molar-refractivity contribution in [3.63, 3.8) is 0 Å². The Balaban J connectivity index is 2.40. The third-order valence-corrected chi connectivity index (χ3v) is 5.61. The molecular weight excluding hydrogens is 320 g/mol. The van der Waals surface area contributed by atoms with Gasteiger partial charge in [-0.3, -0.25) is 4.72 Å². The highest BCUT2D eigenvalue weighted by atomic mass is 35.5. The number of hydrogen-bond acceptors (Lipinski definition) is 5. The zero-order valence-electron chi connectivity index (χ0n) is 10.4. The number of benzene rings is 1. The van der Waals surface area contributed by atoms with E-state index in [2.05, 4.69) is 9.88 Å². The van der Waals surface area contributed by atoms with Crippen molar-refractivity contribution in [1.29, 1.82) is 0 Å². The lowest BCUT2D eigenvalue weighted by Gasteiger charge is -2.10. The van der Waals surface area contributed by atoms with Gasteiger partial charge in [-0.2, -0.15) is 0 Å². The average Bonchev–Trinajstić information content (AvgIpc) is 2.86. The predicted octanol–water partition coefficient (Wildman–Crippen LogP) is 3.40. The molecule has 20 heavy (non-hydrogen) atoms. The van der Waals surface area contributed by atoms with Crippen LogP contribution in [0.4, 0.5) is 5.69 Å². The van der Waals surface area contributed by atoms with E-state index in [4.69, 9.17) is 16.8 Å². The van der Waals surface area contributed by atoms with Crippen LogP contribution in [-0.2, 0) is 10.0 Å². The van der Waals surface area contributed by atoms with E-state index in [1.807, 2.05) is 0 Å². The maximum Gasteiger partial charge on any atom is 0.271 e. The zero-order chi connectivity index (χ0) is 14.8. The Kier molecular flexibility index (Phi) is 4.32. The third-order valence-electron chi connectivity index (χ3n) is 2.52. The van der Waals surface area contributed by atoms with Crippen LogP contribution in [0.3, 0.4) is 0 Å². The van der Waals surface area contributed by atoms with Gasteiger partial charge in [-0.1, -0.05) is 35.0 Å². The van der Waals surface area contributed by atoms with Crippen molar-refractivity contribution in [2.75, 3.05) is 4.72 Å². The Bertz CT molecular complexity index is 754. The highest BCUT2D eigenvalue weighted by molar-refractivity contribution is 7.94. The molecule has 2 N–H and O–H groups in total. The Morgan fingerprint density at radius 1 is 1.30 bits per heavy atom. The first kappa shape index (κ1) is 14.8. The minimum absolute atomic E-state index is 0.121. The molecule has 0 unspecified atom stereocenters. The van der Waals surface area contributed by atoms with Gasteiger partial charge < -0.3 is 5.21 Å². The third kappa shape index (κ3) is 3.12. The van der Waals surface area contributed by atoms with Gasteiger partial charge in [0.25, 0.3) is 10.0 Å². The Labute approximate surface area is 125 Å². The molecular formula is C12H11ClN2O3S2. The average molecular weight is 331 g/mol. The van der Waals surface area contributed by atoms with Crippen molar-refractivity contribution >= 4 is 44.4 Å². The Morgan fingerprint density at radius 3 is 2.60 bits per heavy atom. The van der Waals surface area contributed by atoms with Crippen molar-refractivity contribution in [3.05, 3.63) is 46.3 Å². The fourth-order valence-corrected chi connectivity index (χ4v) is 4.14. The molecule has 0 aliphatic carbocycles. The number of anilines is 1. The van der Waals surface area contributed by atoms with Gasteiger partial charge in [0, 0.05) is 5.56 Å². The van der Waals surface area contributed by atoms with Crippen LogP contribution in [0, 0.1) is 0 Å². The molecule has 2 rings (SSSR count). The number of hydrogen-bond donors (Lipinski definition) is 2. The van der Waals surface area contributed by atoms with Gasteiger partial charge in [0.05, 0.1) is 15.7 Å². The molecule has 0 amide bonds. The molecule has 0 aliphatic heterocycles. The molecule has 0 fully saturated rings. The predicted molar refractivity (Wildman–Crippen MR) is 80.6 cm³/mol. The van der Waals surface area contributed by atoms with Crippen LogP contribution >= 0.6 is 22.9 Å². The lowest BCUT2D eigenvalue weighted by Crippen LogP contribution is -2.14. The molecule has 8 heteroatoms. The normalized spacial score (nSPS) is 12.4. The molecule has 0 saturated carbocycles. The van der Waals surface area contributed by atoms with E-state index in [1.54, 1.807) is 31.2 Å². The van der Waals surface area contributed by atoms with E-state index in [0.29, 0.717) is 21.3 Å². The molecule has 2 aromatic rings. The summed E-state index contributed by atoms with van der Waals surface area (Å²) < 4.78 is 27.4. The van der Waals surface area contributed by atoms with Gasteiger partial charge in [-0.15, -0.1) is 11.3 Å². The number of sulfonamides is 1. The first-order valence-electron chi connectivity index (χ1n) is 5.50. The minimum atomic E-state index is -3.71. The number of nitrogens with one attached hydrogen (secondary N) is 1. The maximum absolute atomic E-state index is 12.2. The zero-order valence-corrected chi connectivity index (χ0v) is 12.8. The van der Waals surface area contributed by atoms with Gasteiger partial charge in [0.1, 0.15) is 4.21 Å². The summed E-state index contributed by atoms with van der Waals surface area (Å²) in [5.41, 5.74) is 1.15. The fraction of sp³-hybridized carbons (Fsp3) is 0.0833. The number of halogens is 1. The monoisotopic (exact) mass is 330 g/mol. The highest BCUT2D eigenvalue weighted by Gasteiger charge is 2.18. The molecule has 0 radical (unpaired) electrons. The van der Waals surface area contributed by atoms with Gasteiger partial charge in [0.15, 0.2) is 0 Å². The molecule has 5 nitrogen and oxygen atoms in total. The van der Waals surface area contributed by atoms with Gasteiger partial charge in [-0.25, -0.2) is 8.42 Å². The van der Waals surface area contributed by atoms with Crippen molar-refractivity contribution < 1.29 is 13.6 Å². The highest BCUT2D eigenvalue weighted by Crippen LogP contribution is 2.28.